The van der Waals surface area contributed by atoms with Gasteiger partial charge in [0.15, 0.2) is 5.17 Å². The van der Waals surface area contributed by atoms with Crippen molar-refractivity contribution in [1.29, 1.82) is 0 Å². The van der Waals surface area contributed by atoms with Crippen molar-refractivity contribution in [2.24, 2.45) is 4.99 Å². The predicted octanol–water partition coefficient (Wildman–Crippen LogP) is 5.24. The summed E-state index contributed by atoms with van der Waals surface area (Å²) >= 11 is 2.64. The van der Waals surface area contributed by atoms with Crippen LogP contribution >= 0.6 is 23.1 Å². The number of likely N-dealkylation sites (N-methyl/N-ethyl adjacent to an activating group) is 1. The van der Waals surface area contributed by atoms with Gasteiger partial charge in [-0.15, -0.1) is 11.3 Å². The highest BCUT2D eigenvalue weighted by Crippen LogP contribution is 2.36. The van der Waals surface area contributed by atoms with Crippen molar-refractivity contribution in [3.05, 3.63) is 68.3 Å². The summed E-state index contributed by atoms with van der Waals surface area (Å²) in [6, 6.07) is 8.31. The highest BCUT2D eigenvalue weighted by Gasteiger charge is 2.32. The highest BCUT2D eigenvalue weighted by molar-refractivity contribution is 8.18. The van der Waals surface area contributed by atoms with Crippen LogP contribution in [0.3, 0.4) is 0 Å². The number of thioether (sulfide) groups is 1. The zero-order chi connectivity index (χ0) is 21.3. The Hall–Kier alpha value is -3.24. The smallest absolute Gasteiger partial charge is 0.280 e. The van der Waals surface area contributed by atoms with Gasteiger partial charge in [-0.25, -0.2) is 4.98 Å². The Kier molecular flexibility index (Phi) is 5.51. The van der Waals surface area contributed by atoms with E-state index in [2.05, 4.69) is 9.98 Å². The Morgan fingerprint density at radius 2 is 2.17 bits per heavy atom. The van der Waals surface area contributed by atoms with Gasteiger partial charge in [-0.2, -0.15) is 4.99 Å². The minimum Gasteiger partial charge on any atom is -0.456 e. The molecule has 0 spiro atoms. The number of thiazole rings is 1. The Balaban J connectivity index is 1.65. The fourth-order valence-electron chi connectivity index (χ4n) is 2.93. The number of hydrogen-bond donors (Lipinski definition) is 0. The number of nitro benzene ring substituents is 1. The molecule has 30 heavy (non-hydrogen) atoms. The van der Waals surface area contributed by atoms with Gasteiger partial charge in [0.25, 0.3) is 11.6 Å². The molecule has 1 amide bonds. The number of carbonyl (C=O) groups excluding carboxylic acids is 1. The van der Waals surface area contributed by atoms with E-state index in [0.29, 0.717) is 38.8 Å². The molecule has 8 nitrogen and oxygen atoms in total. The van der Waals surface area contributed by atoms with Crippen molar-refractivity contribution < 1.29 is 14.1 Å². The lowest BCUT2D eigenvalue weighted by molar-refractivity contribution is -0.384. The zero-order valence-electron chi connectivity index (χ0n) is 16.1. The molecule has 0 unspecified atom stereocenters. The molecule has 1 aromatic carbocycles. The number of amides is 1. The Morgan fingerprint density at radius 1 is 1.33 bits per heavy atom. The molecular formula is C20H16N4O4S2. The zero-order valence-corrected chi connectivity index (χ0v) is 17.7. The first-order valence-corrected chi connectivity index (χ1v) is 10.7. The molecule has 0 bridgehead atoms. The molecule has 0 N–H and O–H groups in total. The molecule has 1 aliphatic heterocycles. The quantitative estimate of drug-likeness (QED) is 0.305. The number of aromatic nitrogens is 1. The number of aryl methyl sites for hydroxylation is 1. The van der Waals surface area contributed by atoms with Gasteiger partial charge in [-0.1, -0.05) is 6.07 Å². The molecule has 3 heterocycles. The summed E-state index contributed by atoms with van der Waals surface area (Å²) in [5, 5.41) is 14.4. The minimum absolute atomic E-state index is 0.0232. The molecule has 2 aromatic heterocycles. The van der Waals surface area contributed by atoms with Gasteiger partial charge in [0.1, 0.15) is 11.5 Å². The predicted molar refractivity (Wildman–Crippen MR) is 118 cm³/mol. The third-order valence-electron chi connectivity index (χ3n) is 4.33. The Morgan fingerprint density at radius 3 is 2.87 bits per heavy atom. The molecular weight excluding hydrogens is 424 g/mol. The van der Waals surface area contributed by atoms with E-state index in [0.717, 1.165) is 5.56 Å². The lowest BCUT2D eigenvalue weighted by Crippen LogP contribution is -2.28. The van der Waals surface area contributed by atoms with Gasteiger partial charge in [-0.3, -0.25) is 19.8 Å². The van der Waals surface area contributed by atoms with Crippen LogP contribution in [0.5, 0.6) is 0 Å². The van der Waals surface area contributed by atoms with Crippen molar-refractivity contribution in [2.75, 3.05) is 6.54 Å². The van der Waals surface area contributed by atoms with Crippen LogP contribution in [0.15, 0.2) is 56.2 Å². The van der Waals surface area contributed by atoms with Gasteiger partial charge >= 0.3 is 0 Å². The van der Waals surface area contributed by atoms with Gasteiger partial charge in [-0.05, 0) is 49.4 Å². The van der Waals surface area contributed by atoms with Crippen LogP contribution in [-0.4, -0.2) is 32.4 Å². The second-order valence-electron chi connectivity index (χ2n) is 6.35. The van der Waals surface area contributed by atoms with Gasteiger partial charge < -0.3 is 4.42 Å². The summed E-state index contributed by atoms with van der Waals surface area (Å²) in [6.07, 6.45) is 3.29. The number of carbonyl (C=O) groups is 1. The first-order chi connectivity index (χ1) is 14.5. The number of amidine groups is 1. The Bertz CT molecular complexity index is 1180. The lowest BCUT2D eigenvalue weighted by atomic mass is 10.1. The van der Waals surface area contributed by atoms with E-state index in [-0.39, 0.29) is 11.6 Å². The number of benzene rings is 1. The number of aliphatic imine (C=N–C) groups is 1. The average molecular weight is 441 g/mol. The van der Waals surface area contributed by atoms with E-state index in [1.54, 1.807) is 48.4 Å². The van der Waals surface area contributed by atoms with Crippen molar-refractivity contribution in [1.82, 2.24) is 9.88 Å². The molecule has 1 saturated heterocycles. The topological polar surface area (TPSA) is 102 Å². The van der Waals surface area contributed by atoms with Crippen molar-refractivity contribution in [3.63, 3.8) is 0 Å². The van der Waals surface area contributed by atoms with E-state index < -0.39 is 4.92 Å². The normalized spacial score (nSPS) is 16.7. The van der Waals surface area contributed by atoms with E-state index in [1.165, 1.54) is 29.2 Å². The monoisotopic (exact) mass is 440 g/mol. The molecule has 0 atom stereocenters. The van der Waals surface area contributed by atoms with E-state index in [9.17, 15) is 14.9 Å². The third-order valence-corrected chi connectivity index (χ3v) is 6.00. The number of furan rings is 1. The largest absolute Gasteiger partial charge is 0.456 e. The van der Waals surface area contributed by atoms with Crippen LogP contribution in [0.4, 0.5) is 10.8 Å². The molecule has 152 valence electrons. The van der Waals surface area contributed by atoms with Crippen molar-refractivity contribution >= 4 is 51.1 Å². The van der Waals surface area contributed by atoms with E-state index in [4.69, 9.17) is 4.42 Å². The molecule has 0 saturated carbocycles. The number of nitro groups is 1. The Labute approximate surface area is 180 Å². The second kappa shape index (κ2) is 8.25. The van der Waals surface area contributed by atoms with Crippen LogP contribution in [0.25, 0.3) is 17.4 Å². The maximum Gasteiger partial charge on any atom is 0.280 e. The summed E-state index contributed by atoms with van der Waals surface area (Å²) < 4.78 is 5.81. The third kappa shape index (κ3) is 3.91. The molecule has 0 radical (unpaired) electrons. The maximum atomic E-state index is 12.7. The number of rotatable bonds is 5. The fraction of sp³-hybridized carbons (Fsp3) is 0.150. The molecule has 4 rings (SSSR count). The summed E-state index contributed by atoms with van der Waals surface area (Å²) in [7, 11) is 0. The number of hydrogen-bond acceptors (Lipinski definition) is 8. The fourth-order valence-corrected chi connectivity index (χ4v) is 4.51. The van der Waals surface area contributed by atoms with E-state index in [1.807, 2.05) is 12.3 Å². The van der Waals surface area contributed by atoms with Crippen LogP contribution in [-0.2, 0) is 4.79 Å². The van der Waals surface area contributed by atoms with E-state index >= 15 is 0 Å². The maximum absolute atomic E-state index is 12.7. The molecule has 10 heteroatoms. The number of nitrogens with zero attached hydrogens (tertiary/aromatic N) is 4. The van der Waals surface area contributed by atoms with Gasteiger partial charge in [0.2, 0.25) is 5.13 Å². The van der Waals surface area contributed by atoms with Crippen LogP contribution in [0, 0.1) is 17.0 Å². The molecule has 1 fully saturated rings. The second-order valence-corrected chi connectivity index (χ2v) is 8.23. The molecule has 3 aromatic rings. The average Bonchev–Trinajstić information content (AvgIpc) is 3.45. The van der Waals surface area contributed by atoms with Crippen molar-refractivity contribution in [2.45, 2.75) is 13.8 Å². The van der Waals surface area contributed by atoms with Gasteiger partial charge in [0.05, 0.1) is 15.4 Å². The first kappa shape index (κ1) is 20.0. The standard InChI is InChI=1S/C20H16N4O4S2/c1-3-23-18(25)17(30-20(23)22-19-21-8-9-29-19)11-13-5-7-16(28-13)14-6-4-12(2)10-15(14)24(26)27/h4-11H,3H2,1-2H3/b17-11+,22-20+. The summed E-state index contributed by atoms with van der Waals surface area (Å²) in [5.41, 5.74) is 1.16. The SMILES string of the molecule is CCN1C(=O)/C(=C\c2ccc(-c3ccc(C)cc3[N+](=O)[O-])o2)S/C1=N/c1nccs1. The minimum atomic E-state index is -0.431. The summed E-state index contributed by atoms with van der Waals surface area (Å²) in [4.78, 5) is 34.3. The summed E-state index contributed by atoms with van der Waals surface area (Å²) in [5.74, 6) is 0.632. The van der Waals surface area contributed by atoms with Crippen molar-refractivity contribution in [3.8, 4) is 11.3 Å². The summed E-state index contributed by atoms with van der Waals surface area (Å²) in [6.45, 7) is 4.15. The van der Waals surface area contributed by atoms with Crippen LogP contribution in [0.1, 0.15) is 18.2 Å². The molecule has 1 aliphatic rings. The first-order valence-electron chi connectivity index (χ1n) is 9.01. The van der Waals surface area contributed by atoms with Crippen LogP contribution in [0.2, 0.25) is 0 Å². The highest BCUT2D eigenvalue weighted by atomic mass is 32.2. The molecule has 0 aliphatic carbocycles. The lowest BCUT2D eigenvalue weighted by Gasteiger charge is -2.11. The van der Waals surface area contributed by atoms with Gasteiger partial charge in [0, 0.05) is 30.3 Å². The van der Waals surface area contributed by atoms with Crippen LogP contribution < -0.4 is 0 Å².